The molecule has 156 valence electrons. The molecule has 0 bridgehead atoms. The molecule has 2 aromatic rings. The van der Waals surface area contributed by atoms with Crippen LogP contribution >= 0.6 is 0 Å². The lowest BCUT2D eigenvalue weighted by molar-refractivity contribution is -0.158. The van der Waals surface area contributed by atoms with Crippen LogP contribution in [0.2, 0.25) is 0 Å². The average molecular weight is 399 g/mol. The van der Waals surface area contributed by atoms with Crippen molar-refractivity contribution in [1.29, 1.82) is 0 Å². The summed E-state index contributed by atoms with van der Waals surface area (Å²) in [7, 11) is 5.40. The van der Waals surface area contributed by atoms with E-state index in [9.17, 15) is 9.59 Å². The van der Waals surface area contributed by atoms with Crippen LogP contribution in [0.25, 0.3) is 0 Å². The van der Waals surface area contributed by atoms with Crippen LogP contribution in [-0.4, -0.2) is 57.1 Å². The zero-order valence-corrected chi connectivity index (χ0v) is 17.5. The van der Waals surface area contributed by atoms with Gasteiger partial charge in [-0.1, -0.05) is 30.3 Å². The van der Waals surface area contributed by atoms with Gasteiger partial charge in [0.05, 0.1) is 7.11 Å². The quantitative estimate of drug-likeness (QED) is 0.428. The number of carbonyl (C=O) groups excluding carboxylic acids is 2. The summed E-state index contributed by atoms with van der Waals surface area (Å²) in [6, 6.07) is 15.8. The second-order valence-corrected chi connectivity index (χ2v) is 7.11. The van der Waals surface area contributed by atoms with E-state index < -0.39 is 17.9 Å². The van der Waals surface area contributed by atoms with Crippen LogP contribution in [0.1, 0.15) is 18.1 Å². The van der Waals surface area contributed by atoms with Gasteiger partial charge in [0, 0.05) is 13.5 Å². The van der Waals surface area contributed by atoms with Gasteiger partial charge in [-0.3, -0.25) is 4.79 Å². The summed E-state index contributed by atoms with van der Waals surface area (Å²) in [5.74, 6) is 0.134. The number of para-hydroxylation sites is 1. The van der Waals surface area contributed by atoms with E-state index in [1.165, 1.54) is 12.5 Å². The SMILES string of the molecule is COc1ccc(CCc2ccccc2OCC(CN(C)C)OC(=O)C(C)=O)cc1. The minimum atomic E-state index is -0.840. The molecule has 0 aliphatic heterocycles. The molecule has 0 saturated heterocycles. The van der Waals surface area contributed by atoms with Gasteiger partial charge in [0.1, 0.15) is 24.2 Å². The molecule has 0 amide bonds. The van der Waals surface area contributed by atoms with E-state index in [4.69, 9.17) is 14.2 Å². The largest absolute Gasteiger partial charge is 0.497 e. The molecule has 0 aliphatic rings. The Hall–Kier alpha value is -2.86. The molecular weight excluding hydrogens is 370 g/mol. The van der Waals surface area contributed by atoms with Crippen LogP contribution in [0.3, 0.4) is 0 Å². The second kappa shape index (κ2) is 11.2. The van der Waals surface area contributed by atoms with Crippen LogP contribution in [0.5, 0.6) is 11.5 Å². The molecular formula is C23H29NO5. The van der Waals surface area contributed by atoms with Crippen LogP contribution in [0.15, 0.2) is 48.5 Å². The highest BCUT2D eigenvalue weighted by atomic mass is 16.6. The lowest BCUT2D eigenvalue weighted by atomic mass is 10.0. The van der Waals surface area contributed by atoms with E-state index >= 15 is 0 Å². The number of rotatable bonds is 11. The van der Waals surface area contributed by atoms with Crippen molar-refractivity contribution in [3.8, 4) is 11.5 Å². The van der Waals surface area contributed by atoms with Gasteiger partial charge >= 0.3 is 5.97 Å². The third-order valence-electron chi connectivity index (χ3n) is 4.37. The number of ether oxygens (including phenoxy) is 3. The predicted molar refractivity (Wildman–Crippen MR) is 111 cm³/mol. The molecule has 1 atom stereocenters. The topological polar surface area (TPSA) is 65.1 Å². The monoisotopic (exact) mass is 399 g/mol. The van der Waals surface area contributed by atoms with Crippen molar-refractivity contribution in [2.24, 2.45) is 0 Å². The number of hydrogen-bond donors (Lipinski definition) is 0. The van der Waals surface area contributed by atoms with E-state index in [1.54, 1.807) is 7.11 Å². The number of ketones is 1. The van der Waals surface area contributed by atoms with E-state index in [2.05, 4.69) is 12.1 Å². The molecule has 0 aromatic heterocycles. The Morgan fingerprint density at radius 1 is 1.00 bits per heavy atom. The molecule has 6 nitrogen and oxygen atoms in total. The smallest absolute Gasteiger partial charge is 0.374 e. The fourth-order valence-corrected chi connectivity index (χ4v) is 2.87. The van der Waals surface area contributed by atoms with Crippen LogP contribution in [-0.2, 0) is 27.2 Å². The summed E-state index contributed by atoms with van der Waals surface area (Å²) >= 11 is 0. The Balaban J connectivity index is 2.00. The summed E-state index contributed by atoms with van der Waals surface area (Å²) in [6.07, 6.45) is 1.15. The first kappa shape index (κ1) is 22.4. The van der Waals surface area contributed by atoms with Crippen molar-refractivity contribution in [2.45, 2.75) is 25.9 Å². The minimum Gasteiger partial charge on any atom is -0.497 e. The van der Waals surface area contributed by atoms with Gasteiger partial charge in [0.15, 0.2) is 0 Å². The highest BCUT2D eigenvalue weighted by Crippen LogP contribution is 2.21. The zero-order valence-electron chi connectivity index (χ0n) is 17.5. The van der Waals surface area contributed by atoms with Crippen molar-refractivity contribution in [2.75, 3.05) is 34.4 Å². The summed E-state index contributed by atoms with van der Waals surface area (Å²) in [5.41, 5.74) is 2.28. The third-order valence-corrected chi connectivity index (χ3v) is 4.37. The Morgan fingerprint density at radius 2 is 1.69 bits per heavy atom. The van der Waals surface area contributed by atoms with Gasteiger partial charge < -0.3 is 19.1 Å². The number of hydrogen-bond acceptors (Lipinski definition) is 6. The first-order valence-electron chi connectivity index (χ1n) is 9.59. The number of benzene rings is 2. The molecule has 1 unspecified atom stereocenters. The van der Waals surface area contributed by atoms with Gasteiger partial charge in [-0.2, -0.15) is 0 Å². The summed E-state index contributed by atoms with van der Waals surface area (Å²) in [6.45, 7) is 1.84. The molecule has 0 spiro atoms. The van der Waals surface area contributed by atoms with E-state index in [-0.39, 0.29) is 6.61 Å². The second-order valence-electron chi connectivity index (χ2n) is 7.11. The van der Waals surface area contributed by atoms with Crippen molar-refractivity contribution < 1.29 is 23.8 Å². The van der Waals surface area contributed by atoms with Crippen LogP contribution < -0.4 is 9.47 Å². The molecule has 0 radical (unpaired) electrons. The maximum atomic E-state index is 11.7. The number of carbonyl (C=O) groups is 2. The van der Waals surface area contributed by atoms with Gasteiger partial charge in [-0.15, -0.1) is 0 Å². The molecule has 0 fully saturated rings. The number of likely N-dealkylation sites (N-methyl/N-ethyl adjacent to an activating group) is 1. The predicted octanol–water partition coefficient (Wildman–Crippen LogP) is 2.92. The minimum absolute atomic E-state index is 0.177. The summed E-state index contributed by atoms with van der Waals surface area (Å²) in [4.78, 5) is 24.8. The summed E-state index contributed by atoms with van der Waals surface area (Å²) < 4.78 is 16.4. The number of Topliss-reactive ketones (excluding diaryl/α,β-unsaturated/α-hetero) is 1. The fraction of sp³-hybridized carbons (Fsp3) is 0.391. The van der Waals surface area contributed by atoms with Gasteiger partial charge in [-0.25, -0.2) is 4.79 Å². The third kappa shape index (κ3) is 7.58. The Labute approximate surface area is 172 Å². The Kier molecular flexibility index (Phi) is 8.68. The average Bonchev–Trinajstić information content (AvgIpc) is 2.71. The van der Waals surface area contributed by atoms with Crippen molar-refractivity contribution >= 4 is 11.8 Å². The zero-order chi connectivity index (χ0) is 21.2. The first-order chi connectivity index (χ1) is 13.9. The lowest BCUT2D eigenvalue weighted by Crippen LogP contribution is -2.36. The number of aryl methyl sites for hydroxylation is 2. The molecule has 2 aromatic carbocycles. The van der Waals surface area contributed by atoms with Crippen LogP contribution in [0.4, 0.5) is 0 Å². The number of nitrogens with zero attached hydrogens (tertiary/aromatic N) is 1. The number of esters is 1. The molecule has 29 heavy (non-hydrogen) atoms. The normalized spacial score (nSPS) is 11.8. The van der Waals surface area contributed by atoms with Crippen LogP contribution in [0, 0.1) is 0 Å². The Morgan fingerprint density at radius 3 is 2.31 bits per heavy atom. The van der Waals surface area contributed by atoms with E-state index in [1.807, 2.05) is 55.4 Å². The van der Waals surface area contributed by atoms with Crippen molar-refractivity contribution in [3.05, 3.63) is 59.7 Å². The van der Waals surface area contributed by atoms with Crippen molar-refractivity contribution in [3.63, 3.8) is 0 Å². The van der Waals surface area contributed by atoms with Crippen molar-refractivity contribution in [1.82, 2.24) is 4.90 Å². The maximum Gasteiger partial charge on any atom is 0.374 e. The highest BCUT2D eigenvalue weighted by Gasteiger charge is 2.20. The maximum absolute atomic E-state index is 11.7. The molecule has 0 aliphatic carbocycles. The molecule has 0 N–H and O–H groups in total. The Bertz CT molecular complexity index is 801. The first-order valence-corrected chi connectivity index (χ1v) is 9.59. The van der Waals surface area contributed by atoms with Gasteiger partial charge in [0.2, 0.25) is 5.78 Å². The standard InChI is InChI=1S/C23H29NO5/c1-17(25)23(26)29-21(15-24(2)3)16-28-22-8-6-5-7-19(22)12-9-18-10-13-20(27-4)14-11-18/h5-8,10-11,13-14,21H,9,12,15-16H2,1-4H3. The fourth-order valence-electron chi connectivity index (χ4n) is 2.87. The molecule has 0 heterocycles. The molecule has 0 saturated carbocycles. The highest BCUT2D eigenvalue weighted by molar-refractivity contribution is 6.32. The number of methoxy groups -OCH3 is 1. The van der Waals surface area contributed by atoms with E-state index in [0.29, 0.717) is 6.54 Å². The van der Waals surface area contributed by atoms with Gasteiger partial charge in [-0.05, 0) is 56.3 Å². The molecule has 6 heteroatoms. The lowest BCUT2D eigenvalue weighted by Gasteiger charge is -2.22. The van der Waals surface area contributed by atoms with Gasteiger partial charge in [0.25, 0.3) is 0 Å². The van der Waals surface area contributed by atoms with E-state index in [0.717, 1.165) is 29.9 Å². The summed E-state index contributed by atoms with van der Waals surface area (Å²) in [5, 5.41) is 0. The molecule has 2 rings (SSSR count).